The average molecular weight is 330 g/mol. The number of nitrogens with zero attached hydrogens (tertiary/aromatic N) is 2. The summed E-state index contributed by atoms with van der Waals surface area (Å²) in [4.78, 5) is 0. The molecule has 1 N–H and O–H groups in total. The highest BCUT2D eigenvalue weighted by atomic mass is 79.9. The Hall–Kier alpha value is -0.350. The second kappa shape index (κ2) is 6.89. The smallest absolute Gasteiger partial charge is 0.0766 e. The third kappa shape index (κ3) is 4.60. The molecule has 1 aromatic heterocycles. The molecule has 0 aliphatic heterocycles. The first-order valence-electron chi connectivity index (χ1n) is 7.23. The van der Waals surface area contributed by atoms with Gasteiger partial charge in [-0.05, 0) is 48.2 Å². The normalized spacial score (nSPS) is 13.8. The SMILES string of the molecule is CCc1nn(CC)c(CC(CC(C)(C)C)NC)c1Br. The standard InChI is InChI=1S/C15H28BrN3/c1-7-12-14(16)13(19(8-2)18-12)9-11(17-6)10-15(3,4)5/h11,17H,7-10H2,1-6H3. The van der Waals surface area contributed by atoms with Crippen molar-refractivity contribution in [2.45, 2.75) is 66.5 Å². The number of rotatable bonds is 6. The van der Waals surface area contributed by atoms with E-state index in [0.29, 0.717) is 11.5 Å². The van der Waals surface area contributed by atoms with Crippen molar-refractivity contribution in [2.75, 3.05) is 7.05 Å². The fraction of sp³-hybridized carbons (Fsp3) is 0.800. The minimum absolute atomic E-state index is 0.338. The lowest BCUT2D eigenvalue weighted by Crippen LogP contribution is -2.32. The van der Waals surface area contributed by atoms with Gasteiger partial charge in [0.25, 0.3) is 0 Å². The topological polar surface area (TPSA) is 29.9 Å². The molecule has 110 valence electrons. The van der Waals surface area contributed by atoms with Gasteiger partial charge in [0, 0.05) is 19.0 Å². The Bertz CT molecular complexity index is 404. The van der Waals surface area contributed by atoms with Crippen molar-refractivity contribution in [3.05, 3.63) is 15.9 Å². The van der Waals surface area contributed by atoms with Gasteiger partial charge in [-0.15, -0.1) is 0 Å². The third-order valence-corrected chi connectivity index (χ3v) is 4.32. The molecule has 0 amide bonds. The summed E-state index contributed by atoms with van der Waals surface area (Å²) in [5.74, 6) is 0. The van der Waals surface area contributed by atoms with E-state index in [1.165, 1.54) is 15.9 Å². The average Bonchev–Trinajstić information content (AvgIpc) is 2.63. The number of hydrogen-bond acceptors (Lipinski definition) is 2. The van der Waals surface area contributed by atoms with Gasteiger partial charge in [0.1, 0.15) is 0 Å². The lowest BCUT2D eigenvalue weighted by atomic mass is 9.86. The minimum Gasteiger partial charge on any atom is -0.317 e. The van der Waals surface area contributed by atoms with Crippen LogP contribution in [0.25, 0.3) is 0 Å². The Labute approximate surface area is 126 Å². The van der Waals surface area contributed by atoms with E-state index < -0.39 is 0 Å². The van der Waals surface area contributed by atoms with Crippen LogP contribution in [-0.4, -0.2) is 22.9 Å². The summed E-state index contributed by atoms with van der Waals surface area (Å²) in [5.41, 5.74) is 2.83. The first kappa shape index (κ1) is 16.7. The zero-order valence-corrected chi connectivity index (χ0v) is 14.8. The molecule has 0 aliphatic carbocycles. The number of halogens is 1. The van der Waals surface area contributed by atoms with Crippen LogP contribution in [0.2, 0.25) is 0 Å². The molecule has 19 heavy (non-hydrogen) atoms. The summed E-state index contributed by atoms with van der Waals surface area (Å²) in [5, 5.41) is 8.12. The zero-order chi connectivity index (χ0) is 14.6. The lowest BCUT2D eigenvalue weighted by molar-refractivity contribution is 0.312. The van der Waals surface area contributed by atoms with Crippen molar-refractivity contribution in [1.29, 1.82) is 0 Å². The molecule has 1 rings (SSSR count). The molecule has 0 bridgehead atoms. The van der Waals surface area contributed by atoms with Gasteiger partial charge in [-0.2, -0.15) is 5.10 Å². The van der Waals surface area contributed by atoms with Crippen molar-refractivity contribution in [3.8, 4) is 0 Å². The highest BCUT2D eigenvalue weighted by Crippen LogP contribution is 2.27. The van der Waals surface area contributed by atoms with Gasteiger partial charge >= 0.3 is 0 Å². The molecule has 0 aromatic carbocycles. The maximum Gasteiger partial charge on any atom is 0.0766 e. The van der Waals surface area contributed by atoms with E-state index in [4.69, 9.17) is 0 Å². The third-order valence-electron chi connectivity index (χ3n) is 3.40. The highest BCUT2D eigenvalue weighted by molar-refractivity contribution is 9.10. The van der Waals surface area contributed by atoms with Gasteiger partial charge < -0.3 is 5.32 Å². The molecule has 3 nitrogen and oxygen atoms in total. The van der Waals surface area contributed by atoms with Gasteiger partial charge in [-0.3, -0.25) is 4.68 Å². The molecule has 0 aliphatic rings. The predicted molar refractivity (Wildman–Crippen MR) is 85.6 cm³/mol. The summed E-state index contributed by atoms with van der Waals surface area (Å²) < 4.78 is 3.33. The summed E-state index contributed by atoms with van der Waals surface area (Å²) in [7, 11) is 2.05. The van der Waals surface area contributed by atoms with Crippen molar-refractivity contribution in [1.82, 2.24) is 15.1 Å². The van der Waals surface area contributed by atoms with Gasteiger partial charge in [-0.25, -0.2) is 0 Å². The van der Waals surface area contributed by atoms with Gasteiger partial charge in [0.2, 0.25) is 0 Å². The molecule has 0 saturated heterocycles. The Morgan fingerprint density at radius 1 is 1.32 bits per heavy atom. The van der Waals surface area contributed by atoms with Crippen LogP contribution in [0.5, 0.6) is 0 Å². The quantitative estimate of drug-likeness (QED) is 0.860. The molecule has 1 atom stereocenters. The van der Waals surface area contributed by atoms with Crippen molar-refractivity contribution < 1.29 is 0 Å². The molecule has 1 aromatic rings. The summed E-state index contributed by atoms with van der Waals surface area (Å²) in [6, 6.07) is 0.489. The van der Waals surface area contributed by atoms with Crippen LogP contribution in [0.1, 0.15) is 52.4 Å². The number of likely N-dealkylation sites (N-methyl/N-ethyl adjacent to an activating group) is 1. The fourth-order valence-electron chi connectivity index (χ4n) is 2.46. The number of nitrogens with one attached hydrogen (secondary N) is 1. The summed E-state index contributed by atoms with van der Waals surface area (Å²) in [6.45, 7) is 12.1. The van der Waals surface area contributed by atoms with E-state index in [2.05, 4.69) is 72.7 Å². The van der Waals surface area contributed by atoms with Crippen LogP contribution in [0, 0.1) is 5.41 Å². The second-order valence-corrected chi connectivity index (χ2v) is 7.12. The largest absolute Gasteiger partial charge is 0.317 e. The minimum atomic E-state index is 0.338. The summed E-state index contributed by atoms with van der Waals surface area (Å²) >= 11 is 3.73. The molecular weight excluding hydrogens is 302 g/mol. The predicted octanol–water partition coefficient (Wildman–Crippen LogP) is 3.79. The lowest BCUT2D eigenvalue weighted by Gasteiger charge is -2.26. The first-order chi connectivity index (χ1) is 8.82. The van der Waals surface area contributed by atoms with E-state index in [0.717, 1.165) is 25.8 Å². The Morgan fingerprint density at radius 2 is 1.95 bits per heavy atom. The molecule has 1 unspecified atom stereocenters. The Kier molecular flexibility index (Phi) is 6.06. The summed E-state index contributed by atoms with van der Waals surface area (Å²) in [6.07, 6.45) is 3.16. The highest BCUT2D eigenvalue weighted by Gasteiger charge is 2.22. The molecule has 4 heteroatoms. The molecule has 0 spiro atoms. The fourth-order valence-corrected chi connectivity index (χ4v) is 3.19. The monoisotopic (exact) mass is 329 g/mol. The van der Waals surface area contributed by atoms with Crippen LogP contribution in [0.4, 0.5) is 0 Å². The van der Waals surface area contributed by atoms with E-state index in [-0.39, 0.29) is 0 Å². The van der Waals surface area contributed by atoms with Crippen LogP contribution in [0.15, 0.2) is 4.47 Å². The first-order valence-corrected chi connectivity index (χ1v) is 8.03. The van der Waals surface area contributed by atoms with Crippen LogP contribution in [0.3, 0.4) is 0 Å². The van der Waals surface area contributed by atoms with Crippen molar-refractivity contribution >= 4 is 15.9 Å². The molecule has 0 saturated carbocycles. The van der Waals surface area contributed by atoms with Crippen molar-refractivity contribution in [3.63, 3.8) is 0 Å². The maximum absolute atomic E-state index is 4.67. The number of aromatic nitrogens is 2. The second-order valence-electron chi connectivity index (χ2n) is 6.33. The Balaban J connectivity index is 2.93. The van der Waals surface area contributed by atoms with E-state index in [1.54, 1.807) is 0 Å². The van der Waals surface area contributed by atoms with E-state index in [9.17, 15) is 0 Å². The van der Waals surface area contributed by atoms with Gasteiger partial charge in [0.05, 0.1) is 15.9 Å². The molecule has 0 radical (unpaired) electrons. The van der Waals surface area contributed by atoms with Crippen molar-refractivity contribution in [2.24, 2.45) is 5.41 Å². The zero-order valence-electron chi connectivity index (χ0n) is 13.2. The maximum atomic E-state index is 4.67. The van der Waals surface area contributed by atoms with E-state index in [1.807, 2.05) is 0 Å². The number of aryl methyl sites for hydroxylation is 2. The van der Waals surface area contributed by atoms with Crippen LogP contribution in [-0.2, 0) is 19.4 Å². The molecule has 0 fully saturated rings. The van der Waals surface area contributed by atoms with Gasteiger partial charge in [-0.1, -0.05) is 27.7 Å². The number of hydrogen-bond donors (Lipinski definition) is 1. The van der Waals surface area contributed by atoms with E-state index >= 15 is 0 Å². The van der Waals surface area contributed by atoms with Gasteiger partial charge in [0.15, 0.2) is 0 Å². The van der Waals surface area contributed by atoms with Crippen LogP contribution < -0.4 is 5.32 Å². The molecular formula is C15H28BrN3. The van der Waals surface area contributed by atoms with Crippen LogP contribution >= 0.6 is 15.9 Å². The Morgan fingerprint density at radius 3 is 2.37 bits per heavy atom. The molecule has 1 heterocycles.